The minimum absolute atomic E-state index is 0.198. The lowest BCUT2D eigenvalue weighted by atomic mass is 10.2. The molecule has 1 aromatic heterocycles. The second-order valence-corrected chi connectivity index (χ2v) is 3.20. The quantitative estimate of drug-likeness (QED) is 0.653. The van der Waals surface area contributed by atoms with E-state index in [-0.39, 0.29) is 11.5 Å². The molecule has 0 saturated carbocycles. The Bertz CT molecular complexity index is 395. The Morgan fingerprint density at radius 1 is 1.50 bits per heavy atom. The first-order valence-electron chi connectivity index (χ1n) is 4.15. The normalized spacial score (nSPS) is 10.3. The zero-order valence-electron chi connectivity index (χ0n) is 8.44. The summed E-state index contributed by atoms with van der Waals surface area (Å²) in [6, 6.07) is 2.90. The topological polar surface area (TPSA) is 54.3 Å². The highest BCUT2D eigenvalue weighted by Crippen LogP contribution is 1.93. The first-order chi connectivity index (χ1) is 6.50. The minimum atomic E-state index is -0.285. The highest BCUT2D eigenvalue weighted by atomic mass is 16.2. The fraction of sp³-hybridized carbons (Fsp3) is 0.333. The Balaban J connectivity index is 2.92. The van der Waals surface area contributed by atoms with Crippen molar-refractivity contribution in [3.63, 3.8) is 0 Å². The molecule has 1 aromatic rings. The van der Waals surface area contributed by atoms with E-state index in [0.29, 0.717) is 5.56 Å². The average Bonchev–Trinajstić information content (AvgIpc) is 2.08. The molecule has 1 N–H and O–H groups in total. The van der Waals surface area contributed by atoms with Crippen molar-refractivity contribution < 1.29 is 4.79 Å². The van der Waals surface area contributed by atoms with Crippen LogP contribution in [0.5, 0.6) is 0 Å². The van der Waals surface area contributed by atoms with E-state index < -0.39 is 0 Å². The molecule has 0 unspecified atom stereocenters. The molecule has 0 atom stereocenters. The van der Waals surface area contributed by atoms with Crippen molar-refractivity contribution in [1.82, 2.24) is 15.0 Å². The van der Waals surface area contributed by atoms with Gasteiger partial charge in [0.25, 0.3) is 11.5 Å². The molecular formula is C9H13N3O2. The van der Waals surface area contributed by atoms with Crippen LogP contribution >= 0.6 is 0 Å². The third-order valence-corrected chi connectivity index (χ3v) is 1.69. The molecule has 1 amide bonds. The second-order valence-electron chi connectivity index (χ2n) is 3.20. The molecule has 1 heterocycles. The van der Waals surface area contributed by atoms with Crippen LogP contribution in [0.2, 0.25) is 0 Å². The summed E-state index contributed by atoms with van der Waals surface area (Å²) in [6.45, 7) is 0. The van der Waals surface area contributed by atoms with Gasteiger partial charge in [-0.3, -0.25) is 15.0 Å². The number of hydrogen-bond acceptors (Lipinski definition) is 3. The maximum Gasteiger partial charge on any atom is 0.265 e. The number of nitrogens with zero attached hydrogens (tertiary/aromatic N) is 2. The Kier molecular flexibility index (Phi) is 3.03. The van der Waals surface area contributed by atoms with Gasteiger partial charge in [0.05, 0.1) is 0 Å². The van der Waals surface area contributed by atoms with Crippen molar-refractivity contribution in [3.8, 4) is 0 Å². The first-order valence-corrected chi connectivity index (χ1v) is 4.15. The maximum atomic E-state index is 11.4. The van der Waals surface area contributed by atoms with Crippen molar-refractivity contribution in [3.05, 3.63) is 34.2 Å². The fourth-order valence-electron chi connectivity index (χ4n) is 0.957. The molecule has 0 bridgehead atoms. The SMILES string of the molecule is CN(C)NC(=O)c1ccn(C)c(=O)c1. The van der Waals surface area contributed by atoms with Crippen molar-refractivity contribution >= 4 is 5.91 Å². The summed E-state index contributed by atoms with van der Waals surface area (Å²) in [7, 11) is 5.05. The van der Waals surface area contributed by atoms with Gasteiger partial charge in [-0.25, -0.2) is 5.01 Å². The number of pyridine rings is 1. The number of nitrogens with one attached hydrogen (secondary N) is 1. The van der Waals surface area contributed by atoms with Gasteiger partial charge in [0.15, 0.2) is 0 Å². The van der Waals surface area contributed by atoms with E-state index in [2.05, 4.69) is 5.43 Å². The molecule has 0 aliphatic carbocycles. The zero-order valence-corrected chi connectivity index (χ0v) is 8.44. The molecule has 76 valence electrons. The number of hydrazine groups is 1. The Hall–Kier alpha value is -1.62. The van der Waals surface area contributed by atoms with E-state index in [9.17, 15) is 9.59 Å². The van der Waals surface area contributed by atoms with Crippen LogP contribution < -0.4 is 11.0 Å². The number of aryl methyl sites for hydroxylation is 1. The van der Waals surface area contributed by atoms with Gasteiger partial charge in [-0.05, 0) is 6.07 Å². The number of aromatic nitrogens is 1. The van der Waals surface area contributed by atoms with Crippen molar-refractivity contribution in [2.45, 2.75) is 0 Å². The lowest BCUT2D eigenvalue weighted by molar-refractivity contribution is 0.0856. The summed E-state index contributed by atoms with van der Waals surface area (Å²) in [6.07, 6.45) is 1.56. The van der Waals surface area contributed by atoms with Gasteiger partial charge in [0.2, 0.25) is 0 Å². The Labute approximate surface area is 81.9 Å². The number of hydrogen-bond donors (Lipinski definition) is 1. The fourth-order valence-corrected chi connectivity index (χ4v) is 0.957. The van der Waals surface area contributed by atoms with Crippen LogP contribution in [0.25, 0.3) is 0 Å². The lowest BCUT2D eigenvalue weighted by Crippen LogP contribution is -2.36. The van der Waals surface area contributed by atoms with Crippen LogP contribution in [0, 0.1) is 0 Å². The lowest BCUT2D eigenvalue weighted by Gasteiger charge is -2.11. The van der Waals surface area contributed by atoms with Crippen LogP contribution in [0.3, 0.4) is 0 Å². The Morgan fingerprint density at radius 3 is 2.64 bits per heavy atom. The predicted molar refractivity (Wildman–Crippen MR) is 52.8 cm³/mol. The zero-order chi connectivity index (χ0) is 10.7. The van der Waals surface area contributed by atoms with Crippen LogP contribution in [0.1, 0.15) is 10.4 Å². The largest absolute Gasteiger partial charge is 0.319 e. The van der Waals surface area contributed by atoms with Gasteiger partial charge in [-0.1, -0.05) is 0 Å². The van der Waals surface area contributed by atoms with Crippen LogP contribution in [0.4, 0.5) is 0 Å². The number of carbonyl (C=O) groups is 1. The maximum absolute atomic E-state index is 11.4. The van der Waals surface area contributed by atoms with E-state index in [0.717, 1.165) is 0 Å². The number of amides is 1. The smallest absolute Gasteiger partial charge is 0.265 e. The number of rotatable bonds is 2. The van der Waals surface area contributed by atoms with Crippen molar-refractivity contribution in [1.29, 1.82) is 0 Å². The van der Waals surface area contributed by atoms with E-state index in [1.165, 1.54) is 15.6 Å². The summed E-state index contributed by atoms with van der Waals surface area (Å²) in [5.74, 6) is -0.285. The molecule has 0 aliphatic heterocycles. The molecule has 0 aliphatic rings. The Morgan fingerprint density at radius 2 is 2.14 bits per heavy atom. The monoisotopic (exact) mass is 195 g/mol. The molecule has 0 aromatic carbocycles. The van der Waals surface area contributed by atoms with Gasteiger partial charge >= 0.3 is 0 Å². The van der Waals surface area contributed by atoms with E-state index in [4.69, 9.17) is 0 Å². The highest BCUT2D eigenvalue weighted by molar-refractivity contribution is 5.93. The molecule has 5 nitrogen and oxygen atoms in total. The molecular weight excluding hydrogens is 182 g/mol. The summed E-state index contributed by atoms with van der Waals surface area (Å²) < 4.78 is 1.41. The molecule has 5 heteroatoms. The summed E-state index contributed by atoms with van der Waals surface area (Å²) in [4.78, 5) is 22.6. The summed E-state index contributed by atoms with van der Waals surface area (Å²) >= 11 is 0. The van der Waals surface area contributed by atoms with Crippen LogP contribution in [-0.4, -0.2) is 29.6 Å². The van der Waals surface area contributed by atoms with Crippen molar-refractivity contribution in [2.75, 3.05) is 14.1 Å². The average molecular weight is 195 g/mol. The molecule has 1 rings (SSSR count). The molecule has 0 saturated heterocycles. The molecule has 0 spiro atoms. The van der Waals surface area contributed by atoms with Gasteiger partial charge in [-0.2, -0.15) is 0 Å². The van der Waals surface area contributed by atoms with E-state index >= 15 is 0 Å². The number of carbonyl (C=O) groups excluding carboxylic acids is 1. The standard InChI is InChI=1S/C9H13N3O2/c1-11(2)10-9(14)7-4-5-12(3)8(13)6-7/h4-6H,1-3H3,(H,10,14). The second kappa shape index (κ2) is 4.06. The van der Waals surface area contributed by atoms with Gasteiger partial charge in [0.1, 0.15) is 0 Å². The highest BCUT2D eigenvalue weighted by Gasteiger charge is 2.06. The molecule has 0 fully saturated rings. The summed E-state index contributed by atoms with van der Waals surface area (Å²) in [5.41, 5.74) is 2.72. The molecule has 14 heavy (non-hydrogen) atoms. The van der Waals surface area contributed by atoms with Gasteiger partial charge in [-0.15, -0.1) is 0 Å². The summed E-state index contributed by atoms with van der Waals surface area (Å²) in [5, 5.41) is 1.53. The molecule has 0 radical (unpaired) electrons. The minimum Gasteiger partial charge on any atom is -0.319 e. The van der Waals surface area contributed by atoms with E-state index in [1.54, 1.807) is 33.4 Å². The third kappa shape index (κ3) is 2.43. The third-order valence-electron chi connectivity index (χ3n) is 1.69. The van der Waals surface area contributed by atoms with Crippen LogP contribution in [0.15, 0.2) is 23.1 Å². The predicted octanol–water partition coefficient (Wildman–Crippen LogP) is -0.408. The van der Waals surface area contributed by atoms with E-state index in [1.807, 2.05) is 0 Å². The first kappa shape index (κ1) is 10.5. The van der Waals surface area contributed by atoms with Gasteiger partial charge in [0, 0.05) is 39.0 Å². The van der Waals surface area contributed by atoms with Crippen molar-refractivity contribution in [2.24, 2.45) is 7.05 Å². The van der Waals surface area contributed by atoms with Gasteiger partial charge < -0.3 is 4.57 Å². The van der Waals surface area contributed by atoms with Crippen LogP contribution in [-0.2, 0) is 7.05 Å².